The molecule has 1 fully saturated rings. The third kappa shape index (κ3) is 2.53. The van der Waals surface area contributed by atoms with Gasteiger partial charge in [-0.3, -0.25) is 9.59 Å². The molecule has 1 aromatic carbocycles. The molecule has 1 N–H and O–H groups in total. The van der Waals surface area contributed by atoms with Crippen LogP contribution in [0.1, 0.15) is 25.8 Å². The highest BCUT2D eigenvalue weighted by Crippen LogP contribution is 2.33. The van der Waals surface area contributed by atoms with Crippen molar-refractivity contribution in [2.45, 2.75) is 32.8 Å². The summed E-state index contributed by atoms with van der Waals surface area (Å²) in [6, 6.07) is 7.56. The normalized spacial score (nSPS) is 21.5. The van der Waals surface area contributed by atoms with E-state index in [-0.39, 0.29) is 18.3 Å². The first-order valence-electron chi connectivity index (χ1n) is 5.98. The maximum Gasteiger partial charge on any atom is 0.307 e. The topological polar surface area (TPSA) is 55.4 Å². The van der Waals surface area contributed by atoms with Crippen LogP contribution in [-0.2, 0) is 14.3 Å². The molecule has 96 valence electrons. The van der Waals surface area contributed by atoms with Gasteiger partial charge >= 0.3 is 5.97 Å². The summed E-state index contributed by atoms with van der Waals surface area (Å²) in [4.78, 5) is 23.4. The van der Waals surface area contributed by atoms with Crippen LogP contribution in [0.15, 0.2) is 24.3 Å². The van der Waals surface area contributed by atoms with Gasteiger partial charge in [0.15, 0.2) is 0 Å². The van der Waals surface area contributed by atoms with Crippen molar-refractivity contribution in [3.05, 3.63) is 29.8 Å². The minimum Gasteiger partial charge on any atom is -0.459 e. The van der Waals surface area contributed by atoms with Crippen molar-refractivity contribution in [1.82, 2.24) is 0 Å². The highest BCUT2D eigenvalue weighted by atomic mass is 16.6. The van der Waals surface area contributed by atoms with Gasteiger partial charge in [0.25, 0.3) is 0 Å². The van der Waals surface area contributed by atoms with Crippen molar-refractivity contribution in [3.63, 3.8) is 0 Å². The van der Waals surface area contributed by atoms with E-state index in [1.54, 1.807) is 13.8 Å². The molecule has 0 radical (unpaired) electrons. The Hall–Kier alpha value is -1.84. The maximum atomic E-state index is 12.1. The largest absolute Gasteiger partial charge is 0.459 e. The lowest BCUT2D eigenvalue weighted by Gasteiger charge is -2.23. The fourth-order valence-electron chi connectivity index (χ4n) is 2.18. The number of benzene rings is 1. The average molecular weight is 247 g/mol. The molecule has 0 aromatic heterocycles. The van der Waals surface area contributed by atoms with Crippen LogP contribution in [0.4, 0.5) is 5.69 Å². The highest BCUT2D eigenvalue weighted by molar-refractivity contribution is 5.96. The van der Waals surface area contributed by atoms with Crippen molar-refractivity contribution in [3.8, 4) is 0 Å². The molecule has 0 spiro atoms. The maximum absolute atomic E-state index is 12.1. The van der Waals surface area contributed by atoms with Crippen LogP contribution in [0.3, 0.4) is 0 Å². The van der Waals surface area contributed by atoms with E-state index >= 15 is 0 Å². The molecule has 1 amide bonds. The van der Waals surface area contributed by atoms with Crippen molar-refractivity contribution in [1.29, 1.82) is 0 Å². The van der Waals surface area contributed by atoms with Crippen LogP contribution >= 0.6 is 0 Å². The first-order chi connectivity index (χ1) is 8.38. The van der Waals surface area contributed by atoms with E-state index in [4.69, 9.17) is 4.74 Å². The molecule has 1 aromatic rings. The Morgan fingerprint density at radius 2 is 2.17 bits per heavy atom. The van der Waals surface area contributed by atoms with Crippen LogP contribution in [0, 0.1) is 12.8 Å². The van der Waals surface area contributed by atoms with Gasteiger partial charge in [0.05, 0.1) is 12.3 Å². The van der Waals surface area contributed by atoms with Crippen LogP contribution in [0.2, 0.25) is 0 Å². The second-order valence-corrected chi connectivity index (χ2v) is 5.19. The zero-order chi connectivity index (χ0) is 13.3. The third-order valence-corrected chi connectivity index (χ3v) is 3.19. The summed E-state index contributed by atoms with van der Waals surface area (Å²) in [7, 11) is 0. The van der Waals surface area contributed by atoms with Crippen LogP contribution in [-0.4, -0.2) is 17.5 Å². The first kappa shape index (κ1) is 12.6. The van der Waals surface area contributed by atoms with Gasteiger partial charge in [-0.2, -0.15) is 0 Å². The van der Waals surface area contributed by atoms with E-state index in [0.717, 1.165) is 11.3 Å². The van der Waals surface area contributed by atoms with Crippen LogP contribution in [0.25, 0.3) is 0 Å². The molecule has 0 aliphatic carbocycles. The molecule has 0 bridgehead atoms. The van der Waals surface area contributed by atoms with E-state index in [0.29, 0.717) is 0 Å². The fourth-order valence-corrected chi connectivity index (χ4v) is 2.18. The predicted molar refractivity (Wildman–Crippen MR) is 68.1 cm³/mol. The Bertz CT molecular complexity index is 494. The number of nitrogens with one attached hydrogen (secondary N) is 1. The number of rotatable bonds is 2. The average Bonchev–Trinajstić information content (AvgIpc) is 2.51. The monoisotopic (exact) mass is 247 g/mol. The summed E-state index contributed by atoms with van der Waals surface area (Å²) < 4.78 is 5.14. The van der Waals surface area contributed by atoms with E-state index in [1.165, 1.54) is 0 Å². The molecule has 1 unspecified atom stereocenters. The molecular formula is C14H17NO3. The van der Waals surface area contributed by atoms with Crippen molar-refractivity contribution >= 4 is 17.6 Å². The molecule has 4 nitrogen and oxygen atoms in total. The lowest BCUT2D eigenvalue weighted by atomic mass is 9.90. The summed E-state index contributed by atoms with van der Waals surface area (Å²) in [6.07, 6.45) is 0.144. The van der Waals surface area contributed by atoms with Crippen molar-refractivity contribution in [2.24, 2.45) is 5.92 Å². The SMILES string of the molecule is Cc1cccc(NC(=O)C2CC(=O)OC2(C)C)c1. The number of cyclic esters (lactones) is 1. The summed E-state index contributed by atoms with van der Waals surface area (Å²) in [6.45, 7) is 5.48. The number of anilines is 1. The molecule has 1 heterocycles. The fraction of sp³-hybridized carbons (Fsp3) is 0.429. The number of esters is 1. The zero-order valence-electron chi connectivity index (χ0n) is 10.8. The predicted octanol–water partition coefficient (Wildman–Crippen LogP) is 2.28. The Labute approximate surface area is 106 Å². The lowest BCUT2D eigenvalue weighted by Crippen LogP contribution is -2.36. The smallest absolute Gasteiger partial charge is 0.307 e. The minimum atomic E-state index is -0.731. The number of hydrogen-bond donors (Lipinski definition) is 1. The molecule has 18 heavy (non-hydrogen) atoms. The summed E-state index contributed by atoms with van der Waals surface area (Å²) in [5.74, 6) is -0.925. The standard InChI is InChI=1S/C14H17NO3/c1-9-5-4-6-10(7-9)15-13(17)11-8-12(16)18-14(11,2)3/h4-7,11H,8H2,1-3H3,(H,15,17). The molecule has 1 aliphatic rings. The van der Waals surface area contributed by atoms with Gasteiger partial charge in [0.2, 0.25) is 5.91 Å². The van der Waals surface area contributed by atoms with Gasteiger partial charge < -0.3 is 10.1 Å². The van der Waals surface area contributed by atoms with E-state index < -0.39 is 11.5 Å². The van der Waals surface area contributed by atoms with Gasteiger partial charge in [0, 0.05) is 5.69 Å². The Kier molecular flexibility index (Phi) is 3.11. The summed E-state index contributed by atoms with van der Waals surface area (Å²) in [5, 5.41) is 2.83. The molecule has 0 saturated carbocycles. The van der Waals surface area contributed by atoms with Crippen molar-refractivity contribution in [2.75, 3.05) is 5.32 Å². The number of hydrogen-bond acceptors (Lipinski definition) is 3. The highest BCUT2D eigenvalue weighted by Gasteiger charge is 2.46. The van der Waals surface area contributed by atoms with Gasteiger partial charge in [-0.05, 0) is 38.5 Å². The second-order valence-electron chi connectivity index (χ2n) is 5.19. The molecule has 1 saturated heterocycles. The minimum absolute atomic E-state index is 0.144. The number of amides is 1. The second kappa shape index (κ2) is 4.44. The number of carbonyl (C=O) groups is 2. The van der Waals surface area contributed by atoms with Gasteiger partial charge in [-0.25, -0.2) is 0 Å². The number of ether oxygens (including phenoxy) is 1. The Balaban J connectivity index is 2.11. The van der Waals surface area contributed by atoms with E-state index in [2.05, 4.69) is 5.32 Å². The molecule has 4 heteroatoms. The van der Waals surface area contributed by atoms with Crippen molar-refractivity contribution < 1.29 is 14.3 Å². The molecule has 1 aliphatic heterocycles. The lowest BCUT2D eigenvalue weighted by molar-refractivity contribution is -0.147. The number of aryl methyl sites for hydroxylation is 1. The van der Waals surface area contributed by atoms with Gasteiger partial charge in [-0.1, -0.05) is 12.1 Å². The third-order valence-electron chi connectivity index (χ3n) is 3.19. The van der Waals surface area contributed by atoms with E-state index in [9.17, 15) is 9.59 Å². The van der Waals surface area contributed by atoms with E-state index in [1.807, 2.05) is 31.2 Å². The molecule has 2 rings (SSSR count). The number of carbonyl (C=O) groups excluding carboxylic acids is 2. The van der Waals surface area contributed by atoms with Crippen LogP contribution in [0.5, 0.6) is 0 Å². The van der Waals surface area contributed by atoms with Crippen LogP contribution < -0.4 is 5.32 Å². The van der Waals surface area contributed by atoms with Gasteiger partial charge in [0.1, 0.15) is 5.60 Å². The Morgan fingerprint density at radius 3 is 2.72 bits per heavy atom. The molecular weight excluding hydrogens is 230 g/mol. The summed E-state index contributed by atoms with van der Waals surface area (Å²) in [5.41, 5.74) is 1.09. The van der Waals surface area contributed by atoms with Gasteiger partial charge in [-0.15, -0.1) is 0 Å². The molecule has 1 atom stereocenters. The first-order valence-corrected chi connectivity index (χ1v) is 5.98. The quantitative estimate of drug-likeness (QED) is 0.816. The Morgan fingerprint density at radius 1 is 1.44 bits per heavy atom. The zero-order valence-corrected chi connectivity index (χ0v) is 10.8. The summed E-state index contributed by atoms with van der Waals surface area (Å²) >= 11 is 0.